The van der Waals surface area contributed by atoms with Crippen LogP contribution in [0.5, 0.6) is 0 Å². The van der Waals surface area contributed by atoms with Gasteiger partial charge < -0.3 is 5.11 Å². The number of carbonyl (C=O) groups is 1. The number of carboxylic acids is 1. The van der Waals surface area contributed by atoms with Crippen molar-refractivity contribution < 1.29 is 9.90 Å². The normalized spacial score (nSPS) is 12.8. The predicted molar refractivity (Wildman–Crippen MR) is 72.2 cm³/mol. The molecular formula is C14H27NO2. The van der Waals surface area contributed by atoms with Gasteiger partial charge in [-0.25, -0.2) is 4.79 Å². The standard InChI is InChI=1S/C14H27NO2/c1-6-13(7-2)15(9-11(3)4)10-12(5)8-14(16)17/h8,11,13H,6-7,9-10H2,1-5H3,(H,16,17). The maximum absolute atomic E-state index is 10.6. The van der Waals surface area contributed by atoms with E-state index in [4.69, 9.17) is 5.11 Å². The van der Waals surface area contributed by atoms with Crippen LogP contribution in [-0.4, -0.2) is 35.1 Å². The van der Waals surface area contributed by atoms with Crippen molar-refractivity contribution in [3.8, 4) is 0 Å². The summed E-state index contributed by atoms with van der Waals surface area (Å²) in [5.41, 5.74) is 0.921. The lowest BCUT2D eigenvalue weighted by Gasteiger charge is -2.32. The largest absolute Gasteiger partial charge is 0.478 e. The molecule has 0 bridgehead atoms. The van der Waals surface area contributed by atoms with E-state index in [9.17, 15) is 4.79 Å². The number of aliphatic carboxylic acids is 1. The fourth-order valence-electron chi connectivity index (χ4n) is 2.19. The quantitative estimate of drug-likeness (QED) is 0.664. The SMILES string of the molecule is CCC(CC)N(CC(C)=CC(=O)O)CC(C)C. The lowest BCUT2D eigenvalue weighted by Crippen LogP contribution is -2.38. The summed E-state index contributed by atoms with van der Waals surface area (Å²) in [4.78, 5) is 13.0. The summed E-state index contributed by atoms with van der Waals surface area (Å²) in [6.07, 6.45) is 3.54. The topological polar surface area (TPSA) is 40.5 Å². The van der Waals surface area contributed by atoms with Gasteiger partial charge in [0.05, 0.1) is 0 Å². The van der Waals surface area contributed by atoms with Gasteiger partial charge in [0.1, 0.15) is 0 Å². The number of carboxylic acid groups (broad SMARTS) is 1. The van der Waals surface area contributed by atoms with E-state index in [2.05, 4.69) is 32.6 Å². The second-order valence-corrected chi connectivity index (χ2v) is 5.12. The van der Waals surface area contributed by atoms with Gasteiger partial charge in [-0.05, 0) is 25.7 Å². The van der Waals surface area contributed by atoms with Crippen LogP contribution in [0.3, 0.4) is 0 Å². The van der Waals surface area contributed by atoms with Gasteiger partial charge in [0.15, 0.2) is 0 Å². The first-order valence-corrected chi connectivity index (χ1v) is 6.54. The smallest absolute Gasteiger partial charge is 0.328 e. The highest BCUT2D eigenvalue weighted by molar-refractivity contribution is 5.80. The molecule has 0 saturated heterocycles. The monoisotopic (exact) mass is 241 g/mol. The third-order valence-electron chi connectivity index (χ3n) is 2.88. The van der Waals surface area contributed by atoms with Crippen molar-refractivity contribution >= 4 is 5.97 Å². The molecule has 0 atom stereocenters. The molecule has 0 aromatic heterocycles. The molecule has 100 valence electrons. The third kappa shape index (κ3) is 7.16. The van der Waals surface area contributed by atoms with Gasteiger partial charge in [-0.15, -0.1) is 0 Å². The minimum atomic E-state index is -0.850. The van der Waals surface area contributed by atoms with Gasteiger partial charge >= 0.3 is 5.97 Å². The first kappa shape index (κ1) is 16.2. The van der Waals surface area contributed by atoms with Crippen LogP contribution in [0.25, 0.3) is 0 Å². The summed E-state index contributed by atoms with van der Waals surface area (Å²) < 4.78 is 0. The van der Waals surface area contributed by atoms with E-state index in [1.165, 1.54) is 6.08 Å². The molecule has 0 saturated carbocycles. The summed E-state index contributed by atoms with van der Waals surface area (Å²) in [6, 6.07) is 0.551. The molecule has 0 heterocycles. The number of nitrogens with zero attached hydrogens (tertiary/aromatic N) is 1. The van der Waals surface area contributed by atoms with Gasteiger partial charge in [0, 0.05) is 25.2 Å². The van der Waals surface area contributed by atoms with Crippen LogP contribution in [-0.2, 0) is 4.79 Å². The van der Waals surface area contributed by atoms with Crippen LogP contribution >= 0.6 is 0 Å². The lowest BCUT2D eigenvalue weighted by molar-refractivity contribution is -0.131. The summed E-state index contributed by atoms with van der Waals surface area (Å²) in [5, 5.41) is 8.74. The minimum Gasteiger partial charge on any atom is -0.478 e. The number of rotatable bonds is 8. The van der Waals surface area contributed by atoms with Gasteiger partial charge in [-0.2, -0.15) is 0 Å². The molecule has 0 spiro atoms. The first-order chi connectivity index (χ1) is 7.90. The average molecular weight is 241 g/mol. The first-order valence-electron chi connectivity index (χ1n) is 6.54. The van der Waals surface area contributed by atoms with E-state index in [0.717, 1.165) is 31.5 Å². The van der Waals surface area contributed by atoms with Crippen molar-refractivity contribution in [1.29, 1.82) is 0 Å². The van der Waals surface area contributed by atoms with Crippen LogP contribution < -0.4 is 0 Å². The molecule has 0 unspecified atom stereocenters. The molecule has 0 amide bonds. The molecule has 0 rings (SSSR count). The maximum Gasteiger partial charge on any atom is 0.328 e. The molecule has 0 aliphatic rings. The molecule has 1 N–H and O–H groups in total. The number of hydrogen-bond donors (Lipinski definition) is 1. The van der Waals surface area contributed by atoms with E-state index >= 15 is 0 Å². The molecule has 3 heteroatoms. The molecule has 0 aromatic rings. The molecule has 0 fully saturated rings. The van der Waals surface area contributed by atoms with E-state index in [-0.39, 0.29) is 0 Å². The van der Waals surface area contributed by atoms with Crippen LogP contribution in [0, 0.1) is 5.92 Å². The molecule has 0 aromatic carbocycles. The Kier molecular flexibility index (Phi) is 7.88. The van der Waals surface area contributed by atoms with Gasteiger partial charge in [-0.1, -0.05) is 33.3 Å². The molecule has 0 aliphatic carbocycles. The fraction of sp³-hybridized carbons (Fsp3) is 0.786. The zero-order chi connectivity index (χ0) is 13.4. The Morgan fingerprint density at radius 2 is 1.82 bits per heavy atom. The summed E-state index contributed by atoms with van der Waals surface area (Å²) in [7, 11) is 0. The van der Waals surface area contributed by atoms with Crippen molar-refractivity contribution in [3.05, 3.63) is 11.6 Å². The fourth-order valence-corrected chi connectivity index (χ4v) is 2.19. The Hall–Kier alpha value is -0.830. The van der Waals surface area contributed by atoms with Crippen LogP contribution in [0.15, 0.2) is 11.6 Å². The lowest BCUT2D eigenvalue weighted by atomic mass is 10.1. The Balaban J connectivity index is 4.63. The van der Waals surface area contributed by atoms with Crippen molar-refractivity contribution in [2.45, 2.75) is 53.5 Å². The van der Waals surface area contributed by atoms with Gasteiger partial charge in [-0.3, -0.25) is 4.90 Å². The Bertz CT molecular complexity index is 255. The zero-order valence-corrected chi connectivity index (χ0v) is 11.9. The van der Waals surface area contributed by atoms with Crippen molar-refractivity contribution in [2.75, 3.05) is 13.1 Å². The van der Waals surface area contributed by atoms with E-state index in [0.29, 0.717) is 12.0 Å². The number of hydrogen-bond acceptors (Lipinski definition) is 2. The highest BCUT2D eigenvalue weighted by Crippen LogP contribution is 2.13. The van der Waals surface area contributed by atoms with E-state index in [1.807, 2.05) is 6.92 Å². The summed E-state index contributed by atoms with van der Waals surface area (Å²) in [5.74, 6) is -0.246. The minimum absolute atomic E-state index is 0.551. The third-order valence-corrected chi connectivity index (χ3v) is 2.88. The molecule has 0 radical (unpaired) electrons. The highest BCUT2D eigenvalue weighted by atomic mass is 16.4. The molecule has 3 nitrogen and oxygen atoms in total. The van der Waals surface area contributed by atoms with Crippen LogP contribution in [0.1, 0.15) is 47.5 Å². The van der Waals surface area contributed by atoms with E-state index < -0.39 is 5.97 Å². The maximum atomic E-state index is 10.6. The van der Waals surface area contributed by atoms with Crippen molar-refractivity contribution in [1.82, 2.24) is 4.90 Å². The Labute approximate surface area is 106 Å². The molecule has 17 heavy (non-hydrogen) atoms. The molecule has 0 aliphatic heterocycles. The van der Waals surface area contributed by atoms with Gasteiger partial charge in [0.25, 0.3) is 0 Å². The second kappa shape index (κ2) is 8.29. The highest BCUT2D eigenvalue weighted by Gasteiger charge is 2.16. The Morgan fingerprint density at radius 1 is 1.29 bits per heavy atom. The second-order valence-electron chi connectivity index (χ2n) is 5.12. The zero-order valence-electron chi connectivity index (χ0n) is 11.9. The average Bonchev–Trinajstić information content (AvgIpc) is 2.16. The summed E-state index contributed by atoms with van der Waals surface area (Å²) >= 11 is 0. The Morgan fingerprint density at radius 3 is 2.18 bits per heavy atom. The summed E-state index contributed by atoms with van der Waals surface area (Å²) in [6.45, 7) is 12.5. The van der Waals surface area contributed by atoms with Gasteiger partial charge in [0.2, 0.25) is 0 Å². The van der Waals surface area contributed by atoms with E-state index in [1.54, 1.807) is 0 Å². The van der Waals surface area contributed by atoms with Crippen molar-refractivity contribution in [2.24, 2.45) is 5.92 Å². The van der Waals surface area contributed by atoms with Crippen LogP contribution in [0.2, 0.25) is 0 Å². The van der Waals surface area contributed by atoms with Crippen LogP contribution in [0.4, 0.5) is 0 Å². The van der Waals surface area contributed by atoms with Crippen molar-refractivity contribution in [3.63, 3.8) is 0 Å². The predicted octanol–water partition coefficient (Wildman–Crippen LogP) is 3.16. The molecular weight excluding hydrogens is 214 g/mol.